The first-order valence-electron chi connectivity index (χ1n) is 12.5. The van der Waals surface area contributed by atoms with Crippen molar-refractivity contribution in [2.24, 2.45) is 0 Å². The highest BCUT2D eigenvalue weighted by molar-refractivity contribution is 8.00. The Morgan fingerprint density at radius 3 is 2.17 bits per heavy atom. The molecule has 4 aromatic carbocycles. The first-order valence-corrected chi connectivity index (χ1v) is 13.9. The topological polar surface area (TPSA) is 93.7 Å². The van der Waals surface area contributed by atoms with E-state index in [1.807, 2.05) is 12.1 Å². The molecule has 0 saturated carbocycles. The van der Waals surface area contributed by atoms with E-state index in [0.717, 1.165) is 4.90 Å². The predicted molar refractivity (Wildman–Crippen MR) is 163 cm³/mol. The molecule has 7 nitrogen and oxygen atoms in total. The van der Waals surface area contributed by atoms with Gasteiger partial charge < -0.3 is 20.1 Å². The number of anilines is 1. The standard InChI is InChI=1S/C32H27ClN2O5S/c1-39-29-10-6-9-23(30(29)40-2)19-27(35-31(37)22-7-4-3-5-8-22)32(38)34-25-15-17-26(18-16-25)41-20-28(36)21-11-13-24(33)14-12-21/h3-19H,20H2,1-2H3,(H,34,38)(H,35,37)/b27-19-. The van der Waals surface area contributed by atoms with Crippen LogP contribution in [-0.2, 0) is 4.79 Å². The number of ketones is 1. The summed E-state index contributed by atoms with van der Waals surface area (Å²) in [5, 5.41) is 6.12. The maximum absolute atomic E-state index is 13.4. The summed E-state index contributed by atoms with van der Waals surface area (Å²) >= 11 is 7.28. The molecule has 0 aliphatic carbocycles. The summed E-state index contributed by atoms with van der Waals surface area (Å²) in [5.41, 5.74) is 2.06. The van der Waals surface area contributed by atoms with Crippen molar-refractivity contribution in [2.45, 2.75) is 4.90 Å². The average molecular weight is 587 g/mol. The Morgan fingerprint density at radius 2 is 1.51 bits per heavy atom. The zero-order chi connectivity index (χ0) is 29.2. The number of halogens is 1. The number of carbonyl (C=O) groups is 3. The first kappa shape index (κ1) is 29.5. The highest BCUT2D eigenvalue weighted by atomic mass is 35.5. The van der Waals surface area contributed by atoms with Crippen molar-refractivity contribution in [3.05, 3.63) is 124 Å². The van der Waals surface area contributed by atoms with Gasteiger partial charge in [0.05, 0.1) is 20.0 Å². The molecule has 208 valence electrons. The number of ether oxygens (including phenoxy) is 2. The van der Waals surface area contributed by atoms with Gasteiger partial charge >= 0.3 is 0 Å². The number of rotatable bonds is 11. The number of carbonyl (C=O) groups excluding carboxylic acids is 3. The summed E-state index contributed by atoms with van der Waals surface area (Å²) in [6, 6.07) is 27.7. The molecule has 0 radical (unpaired) electrons. The maximum atomic E-state index is 13.4. The molecule has 0 bridgehead atoms. The van der Waals surface area contributed by atoms with Crippen molar-refractivity contribution in [1.82, 2.24) is 5.32 Å². The van der Waals surface area contributed by atoms with Gasteiger partial charge in [-0.2, -0.15) is 0 Å². The van der Waals surface area contributed by atoms with Crippen molar-refractivity contribution >= 4 is 52.7 Å². The van der Waals surface area contributed by atoms with Gasteiger partial charge in [0.25, 0.3) is 11.8 Å². The largest absolute Gasteiger partial charge is 0.493 e. The van der Waals surface area contributed by atoms with Crippen LogP contribution in [0.3, 0.4) is 0 Å². The van der Waals surface area contributed by atoms with Gasteiger partial charge in [0.2, 0.25) is 0 Å². The van der Waals surface area contributed by atoms with Gasteiger partial charge in [-0.15, -0.1) is 11.8 Å². The van der Waals surface area contributed by atoms with E-state index in [-0.39, 0.29) is 17.2 Å². The van der Waals surface area contributed by atoms with Crippen LogP contribution in [-0.4, -0.2) is 37.6 Å². The Kier molecular flexibility index (Phi) is 10.2. The summed E-state index contributed by atoms with van der Waals surface area (Å²) in [4.78, 5) is 39.7. The second-order valence-electron chi connectivity index (χ2n) is 8.66. The van der Waals surface area contributed by atoms with Crippen LogP contribution in [0, 0.1) is 0 Å². The Balaban J connectivity index is 1.50. The Morgan fingerprint density at radius 1 is 0.805 bits per heavy atom. The fourth-order valence-electron chi connectivity index (χ4n) is 3.82. The highest BCUT2D eigenvalue weighted by Crippen LogP contribution is 2.32. The number of methoxy groups -OCH3 is 2. The molecule has 41 heavy (non-hydrogen) atoms. The third kappa shape index (κ3) is 8.00. The lowest BCUT2D eigenvalue weighted by Gasteiger charge is -2.14. The molecule has 0 unspecified atom stereocenters. The number of hydrogen-bond donors (Lipinski definition) is 2. The maximum Gasteiger partial charge on any atom is 0.272 e. The van der Waals surface area contributed by atoms with E-state index in [1.54, 1.807) is 84.9 Å². The third-order valence-corrected chi connectivity index (χ3v) is 7.17. The SMILES string of the molecule is COc1cccc(/C=C(\NC(=O)c2ccccc2)C(=O)Nc2ccc(SCC(=O)c3ccc(Cl)cc3)cc2)c1OC. The lowest BCUT2D eigenvalue weighted by Crippen LogP contribution is -2.30. The number of Topliss-reactive ketones (excluding diaryl/α,β-unsaturated/α-hetero) is 1. The molecule has 0 aliphatic rings. The van der Waals surface area contributed by atoms with Gasteiger partial charge in [0.1, 0.15) is 5.70 Å². The fourth-order valence-corrected chi connectivity index (χ4v) is 4.74. The van der Waals surface area contributed by atoms with E-state index in [1.165, 1.54) is 32.1 Å². The van der Waals surface area contributed by atoms with Gasteiger partial charge in [-0.05, 0) is 72.8 Å². The van der Waals surface area contributed by atoms with Crippen LogP contribution in [0.15, 0.2) is 108 Å². The van der Waals surface area contributed by atoms with Gasteiger partial charge in [0, 0.05) is 32.3 Å². The summed E-state index contributed by atoms with van der Waals surface area (Å²) < 4.78 is 10.9. The quantitative estimate of drug-likeness (QED) is 0.115. The number of benzene rings is 4. The van der Waals surface area contributed by atoms with Crippen LogP contribution in [0.5, 0.6) is 11.5 Å². The molecule has 4 aromatic rings. The van der Waals surface area contributed by atoms with E-state index in [0.29, 0.717) is 38.9 Å². The molecule has 0 aliphatic heterocycles. The van der Waals surface area contributed by atoms with E-state index < -0.39 is 11.8 Å². The van der Waals surface area contributed by atoms with Crippen LogP contribution in [0.1, 0.15) is 26.3 Å². The van der Waals surface area contributed by atoms with Gasteiger partial charge in [-0.1, -0.05) is 41.9 Å². The van der Waals surface area contributed by atoms with E-state index in [9.17, 15) is 14.4 Å². The molecule has 0 atom stereocenters. The van der Waals surface area contributed by atoms with Crippen LogP contribution in [0.4, 0.5) is 5.69 Å². The van der Waals surface area contributed by atoms with Gasteiger partial charge in [-0.3, -0.25) is 14.4 Å². The molecule has 4 rings (SSSR count). The smallest absolute Gasteiger partial charge is 0.272 e. The Hall–Kier alpha value is -4.53. The normalized spacial score (nSPS) is 11.0. The molecular formula is C32H27ClN2O5S. The van der Waals surface area contributed by atoms with Crippen molar-refractivity contribution in [3.8, 4) is 11.5 Å². The van der Waals surface area contributed by atoms with Crippen molar-refractivity contribution in [3.63, 3.8) is 0 Å². The molecular weight excluding hydrogens is 560 g/mol. The van der Waals surface area contributed by atoms with Crippen molar-refractivity contribution < 1.29 is 23.9 Å². The summed E-state index contributed by atoms with van der Waals surface area (Å²) in [7, 11) is 3.02. The van der Waals surface area contributed by atoms with Gasteiger partial charge in [0.15, 0.2) is 17.3 Å². The molecule has 0 spiro atoms. The molecule has 2 N–H and O–H groups in total. The average Bonchev–Trinajstić information content (AvgIpc) is 3.00. The summed E-state index contributed by atoms with van der Waals surface area (Å²) in [6.45, 7) is 0. The van der Waals surface area contributed by atoms with E-state index >= 15 is 0 Å². The molecule has 9 heteroatoms. The molecule has 0 aromatic heterocycles. The number of thioether (sulfide) groups is 1. The van der Waals surface area contributed by atoms with Crippen LogP contribution >= 0.6 is 23.4 Å². The lowest BCUT2D eigenvalue weighted by molar-refractivity contribution is -0.113. The second-order valence-corrected chi connectivity index (χ2v) is 10.1. The Bertz CT molecular complexity index is 1560. The third-order valence-electron chi connectivity index (χ3n) is 5.91. The van der Waals surface area contributed by atoms with Crippen molar-refractivity contribution in [1.29, 1.82) is 0 Å². The predicted octanol–water partition coefficient (Wildman–Crippen LogP) is 6.74. The minimum absolute atomic E-state index is 0.0115. The zero-order valence-corrected chi connectivity index (χ0v) is 23.9. The minimum Gasteiger partial charge on any atom is -0.493 e. The summed E-state index contributed by atoms with van der Waals surface area (Å²) in [5.74, 6) is 0.180. The van der Waals surface area contributed by atoms with Crippen LogP contribution in [0.2, 0.25) is 5.02 Å². The van der Waals surface area contributed by atoms with Crippen molar-refractivity contribution in [2.75, 3.05) is 25.3 Å². The molecule has 0 heterocycles. The number of amides is 2. The van der Waals surface area contributed by atoms with E-state index in [4.69, 9.17) is 21.1 Å². The zero-order valence-electron chi connectivity index (χ0n) is 22.3. The number of para-hydroxylation sites is 1. The number of hydrogen-bond acceptors (Lipinski definition) is 6. The first-order chi connectivity index (χ1) is 19.9. The monoisotopic (exact) mass is 586 g/mol. The minimum atomic E-state index is -0.530. The summed E-state index contributed by atoms with van der Waals surface area (Å²) in [6.07, 6.45) is 1.53. The highest BCUT2D eigenvalue weighted by Gasteiger charge is 2.17. The Labute approximate surface area is 247 Å². The van der Waals surface area contributed by atoms with E-state index in [2.05, 4.69) is 10.6 Å². The fraction of sp³-hybridized carbons (Fsp3) is 0.0938. The van der Waals surface area contributed by atoms with Gasteiger partial charge in [-0.25, -0.2) is 0 Å². The van der Waals surface area contributed by atoms with Crippen LogP contribution in [0.25, 0.3) is 6.08 Å². The molecule has 0 fully saturated rings. The molecule has 2 amide bonds. The van der Waals surface area contributed by atoms with Crippen LogP contribution < -0.4 is 20.1 Å². The second kappa shape index (κ2) is 14.2. The lowest BCUT2D eigenvalue weighted by atomic mass is 10.1. The molecule has 0 saturated heterocycles. The number of nitrogens with one attached hydrogen (secondary N) is 2.